The Morgan fingerprint density at radius 1 is 1.15 bits per heavy atom. The van der Waals surface area contributed by atoms with Gasteiger partial charge in [-0.1, -0.05) is 0 Å². The minimum absolute atomic E-state index is 0.309. The van der Waals surface area contributed by atoms with Gasteiger partial charge in [0, 0.05) is 13.1 Å². The van der Waals surface area contributed by atoms with Crippen LogP contribution in [0.5, 0.6) is 0 Å². The van der Waals surface area contributed by atoms with E-state index in [1.807, 2.05) is 0 Å². The number of aromatic nitrogens is 6. The van der Waals surface area contributed by atoms with Crippen molar-refractivity contribution in [2.75, 3.05) is 23.8 Å². The number of H-pyrrole nitrogens is 1. The highest BCUT2D eigenvalue weighted by Gasteiger charge is 2.13. The highest BCUT2D eigenvalue weighted by atomic mass is 32.2. The Labute approximate surface area is 117 Å². The molecule has 102 valence electrons. The molecular weight excluding hydrogens is 278 g/mol. The lowest BCUT2D eigenvalue weighted by Gasteiger charge is -2.04. The lowest BCUT2D eigenvalue weighted by atomic mass is 10.5. The van der Waals surface area contributed by atoms with Gasteiger partial charge >= 0.3 is 0 Å². The minimum atomic E-state index is 0.309. The molecule has 0 radical (unpaired) electrons. The lowest BCUT2D eigenvalue weighted by molar-refractivity contribution is 0.976. The standard InChI is InChI=1S/C10H11N9S/c1-13-9-18-7-6(14-3-15-7)8(19-9)20-10-16-4(11)2-5(12)17-10/h2-3H,1H3,(H4,11,12,16,17)(H2,13,14,15,18,19). The molecule has 3 heterocycles. The van der Waals surface area contributed by atoms with Crippen LogP contribution in [0.3, 0.4) is 0 Å². The van der Waals surface area contributed by atoms with Gasteiger partial charge in [-0.05, 0) is 11.8 Å². The average molecular weight is 289 g/mol. The van der Waals surface area contributed by atoms with Gasteiger partial charge in [-0.15, -0.1) is 0 Å². The molecule has 3 rings (SSSR count). The fourth-order valence-corrected chi connectivity index (χ4v) is 2.45. The Morgan fingerprint density at radius 3 is 2.60 bits per heavy atom. The molecular formula is C10H11N9S. The average Bonchev–Trinajstić information content (AvgIpc) is 2.85. The normalized spacial score (nSPS) is 10.8. The maximum atomic E-state index is 5.65. The first kappa shape index (κ1) is 12.4. The second kappa shape index (κ2) is 4.81. The monoisotopic (exact) mass is 289 g/mol. The number of aromatic amines is 1. The topological polar surface area (TPSA) is 144 Å². The maximum absolute atomic E-state index is 5.65. The summed E-state index contributed by atoms with van der Waals surface area (Å²) in [5.74, 6) is 1.08. The highest BCUT2D eigenvalue weighted by Crippen LogP contribution is 2.29. The van der Waals surface area contributed by atoms with Crippen LogP contribution in [0.1, 0.15) is 0 Å². The van der Waals surface area contributed by atoms with E-state index < -0.39 is 0 Å². The number of fused-ring (bicyclic) bond motifs is 1. The number of nitrogens with zero attached hydrogens (tertiary/aromatic N) is 5. The quantitative estimate of drug-likeness (QED) is 0.400. The van der Waals surface area contributed by atoms with Crippen LogP contribution in [0.25, 0.3) is 11.2 Å². The third kappa shape index (κ3) is 2.28. The fraction of sp³-hybridized carbons (Fsp3) is 0.100. The summed E-state index contributed by atoms with van der Waals surface area (Å²) in [7, 11) is 1.73. The summed E-state index contributed by atoms with van der Waals surface area (Å²) in [6, 6.07) is 1.49. The SMILES string of the molecule is CNc1nc(Sc2nc(N)cc(N)n2)c2[nH]cnc2n1. The Morgan fingerprint density at radius 2 is 1.90 bits per heavy atom. The van der Waals surface area contributed by atoms with Crippen LogP contribution >= 0.6 is 11.8 Å². The molecule has 0 amide bonds. The molecule has 3 aromatic heterocycles. The molecule has 10 heteroatoms. The van der Waals surface area contributed by atoms with E-state index in [0.29, 0.717) is 38.9 Å². The van der Waals surface area contributed by atoms with E-state index in [1.54, 1.807) is 13.4 Å². The second-order valence-corrected chi connectivity index (χ2v) is 4.76. The Hall–Kier alpha value is -2.62. The van der Waals surface area contributed by atoms with Gasteiger partial charge in [0.05, 0.1) is 6.33 Å². The van der Waals surface area contributed by atoms with Gasteiger partial charge in [0.25, 0.3) is 0 Å². The Bertz CT molecular complexity index is 748. The zero-order chi connectivity index (χ0) is 14.1. The minimum Gasteiger partial charge on any atom is -0.383 e. The zero-order valence-electron chi connectivity index (χ0n) is 10.5. The van der Waals surface area contributed by atoms with Gasteiger partial charge in [-0.2, -0.15) is 4.98 Å². The number of nitrogens with one attached hydrogen (secondary N) is 2. The van der Waals surface area contributed by atoms with Gasteiger partial charge in [-0.3, -0.25) is 0 Å². The summed E-state index contributed by atoms with van der Waals surface area (Å²) in [6.45, 7) is 0. The van der Waals surface area contributed by atoms with E-state index in [2.05, 4.69) is 35.2 Å². The van der Waals surface area contributed by atoms with E-state index in [1.165, 1.54) is 17.8 Å². The number of hydrogen-bond acceptors (Lipinski definition) is 9. The summed E-state index contributed by atoms with van der Waals surface area (Å²) < 4.78 is 0. The van der Waals surface area contributed by atoms with Crippen LogP contribution in [0.15, 0.2) is 22.6 Å². The molecule has 0 saturated heterocycles. The molecule has 0 unspecified atom stereocenters. The molecule has 0 spiro atoms. The smallest absolute Gasteiger partial charge is 0.225 e. The van der Waals surface area contributed by atoms with E-state index in [0.717, 1.165) is 0 Å². The number of nitrogen functional groups attached to an aromatic ring is 2. The highest BCUT2D eigenvalue weighted by molar-refractivity contribution is 7.99. The molecule has 0 aliphatic heterocycles. The van der Waals surface area contributed by atoms with Crippen molar-refractivity contribution in [3.8, 4) is 0 Å². The van der Waals surface area contributed by atoms with Crippen molar-refractivity contribution in [1.29, 1.82) is 0 Å². The van der Waals surface area contributed by atoms with Crippen LogP contribution in [0.2, 0.25) is 0 Å². The van der Waals surface area contributed by atoms with Crippen molar-refractivity contribution in [2.45, 2.75) is 10.2 Å². The molecule has 0 aliphatic carbocycles. The molecule has 20 heavy (non-hydrogen) atoms. The molecule has 0 aromatic carbocycles. The predicted octanol–water partition coefficient (Wildman–Crippen LogP) is 0.500. The Kier molecular flexibility index (Phi) is 2.99. The predicted molar refractivity (Wildman–Crippen MR) is 76.2 cm³/mol. The van der Waals surface area contributed by atoms with Crippen LogP contribution < -0.4 is 16.8 Å². The van der Waals surface area contributed by atoms with Crippen molar-refractivity contribution in [3.63, 3.8) is 0 Å². The third-order valence-corrected chi connectivity index (χ3v) is 3.26. The number of hydrogen-bond donors (Lipinski definition) is 4. The van der Waals surface area contributed by atoms with Crippen LogP contribution in [-0.4, -0.2) is 37.0 Å². The molecule has 0 fully saturated rings. The fourth-order valence-electron chi connectivity index (χ4n) is 1.59. The molecule has 9 nitrogen and oxygen atoms in total. The molecule has 0 bridgehead atoms. The van der Waals surface area contributed by atoms with E-state index >= 15 is 0 Å². The summed E-state index contributed by atoms with van der Waals surface area (Å²) in [6.07, 6.45) is 1.55. The summed E-state index contributed by atoms with van der Waals surface area (Å²) in [5, 5.41) is 3.93. The first-order chi connectivity index (χ1) is 9.65. The summed E-state index contributed by atoms with van der Waals surface area (Å²) in [4.78, 5) is 23.9. The van der Waals surface area contributed by atoms with Gasteiger partial charge in [0.1, 0.15) is 22.2 Å². The van der Waals surface area contributed by atoms with Crippen molar-refractivity contribution in [3.05, 3.63) is 12.4 Å². The zero-order valence-corrected chi connectivity index (χ0v) is 11.3. The first-order valence-electron chi connectivity index (χ1n) is 5.62. The Balaban J connectivity index is 2.07. The van der Waals surface area contributed by atoms with Gasteiger partial charge in [0.15, 0.2) is 10.8 Å². The first-order valence-corrected chi connectivity index (χ1v) is 6.44. The van der Waals surface area contributed by atoms with Gasteiger partial charge < -0.3 is 21.8 Å². The lowest BCUT2D eigenvalue weighted by Crippen LogP contribution is -2.01. The third-order valence-electron chi connectivity index (χ3n) is 2.41. The van der Waals surface area contributed by atoms with Crippen molar-refractivity contribution < 1.29 is 0 Å². The van der Waals surface area contributed by atoms with E-state index in [4.69, 9.17) is 11.5 Å². The van der Waals surface area contributed by atoms with Gasteiger partial charge in [-0.25, -0.2) is 19.9 Å². The van der Waals surface area contributed by atoms with E-state index in [9.17, 15) is 0 Å². The second-order valence-electron chi connectivity index (χ2n) is 3.81. The largest absolute Gasteiger partial charge is 0.383 e. The number of anilines is 3. The molecule has 0 saturated carbocycles. The number of nitrogens with two attached hydrogens (primary N) is 2. The van der Waals surface area contributed by atoms with Crippen molar-refractivity contribution in [1.82, 2.24) is 29.9 Å². The summed E-state index contributed by atoms with van der Waals surface area (Å²) >= 11 is 1.23. The maximum Gasteiger partial charge on any atom is 0.225 e. The molecule has 3 aromatic rings. The molecule has 0 aliphatic rings. The van der Waals surface area contributed by atoms with Crippen LogP contribution in [0, 0.1) is 0 Å². The van der Waals surface area contributed by atoms with E-state index in [-0.39, 0.29) is 0 Å². The number of rotatable bonds is 3. The van der Waals surface area contributed by atoms with Crippen LogP contribution in [-0.2, 0) is 0 Å². The molecule has 6 N–H and O–H groups in total. The molecule has 0 atom stereocenters. The number of imidazole rings is 1. The van der Waals surface area contributed by atoms with Crippen molar-refractivity contribution >= 4 is 40.5 Å². The van der Waals surface area contributed by atoms with Crippen LogP contribution in [0.4, 0.5) is 17.6 Å². The summed E-state index contributed by atoms with van der Waals surface area (Å²) in [5.41, 5.74) is 12.6. The van der Waals surface area contributed by atoms with Crippen molar-refractivity contribution in [2.24, 2.45) is 0 Å². The van der Waals surface area contributed by atoms with Gasteiger partial charge in [0.2, 0.25) is 5.95 Å².